The van der Waals surface area contributed by atoms with Gasteiger partial charge >= 0.3 is 0 Å². The summed E-state index contributed by atoms with van der Waals surface area (Å²) in [4.78, 5) is 11.7. The van der Waals surface area contributed by atoms with Gasteiger partial charge in [0.05, 0.1) is 15.6 Å². The minimum Gasteiger partial charge on any atom is -0.388 e. The third-order valence-corrected chi connectivity index (χ3v) is 4.02. The van der Waals surface area contributed by atoms with Crippen molar-refractivity contribution in [2.24, 2.45) is 0 Å². The second-order valence-corrected chi connectivity index (χ2v) is 5.47. The molecule has 1 amide bonds. The molecule has 1 aromatic carbocycles. The minimum absolute atomic E-state index is 0.241. The van der Waals surface area contributed by atoms with E-state index in [1.54, 1.807) is 24.3 Å². The van der Waals surface area contributed by atoms with Crippen molar-refractivity contribution in [2.75, 3.05) is 6.54 Å². The molecule has 0 aromatic heterocycles. The summed E-state index contributed by atoms with van der Waals surface area (Å²) in [6.45, 7) is 4.02. The van der Waals surface area contributed by atoms with Crippen LogP contribution in [0.2, 0.25) is 10.0 Å². The van der Waals surface area contributed by atoms with E-state index in [9.17, 15) is 9.90 Å². The number of hydrogen-bond acceptors (Lipinski definition) is 2. The predicted molar refractivity (Wildman–Crippen MR) is 84.0 cm³/mol. The highest BCUT2D eigenvalue weighted by Gasteiger charge is 2.22. The number of hydrogen-bond donors (Lipinski definition) is 2. The van der Waals surface area contributed by atoms with Crippen LogP contribution in [0.1, 0.15) is 32.3 Å². The zero-order valence-corrected chi connectivity index (χ0v) is 13.1. The Morgan fingerprint density at radius 2 is 1.95 bits per heavy atom. The molecule has 20 heavy (non-hydrogen) atoms. The van der Waals surface area contributed by atoms with E-state index in [2.05, 4.69) is 5.32 Å². The number of amides is 1. The van der Waals surface area contributed by atoms with Gasteiger partial charge in [-0.25, -0.2) is 0 Å². The summed E-state index contributed by atoms with van der Waals surface area (Å²) in [5.74, 6) is -0.253. The Balaban J connectivity index is 2.57. The van der Waals surface area contributed by atoms with Crippen LogP contribution in [0.5, 0.6) is 0 Å². The molecule has 0 atom stereocenters. The largest absolute Gasteiger partial charge is 0.388 e. The van der Waals surface area contributed by atoms with Gasteiger partial charge in [0.15, 0.2) is 0 Å². The molecule has 0 aliphatic rings. The second-order valence-electron chi connectivity index (χ2n) is 4.66. The van der Waals surface area contributed by atoms with Crippen LogP contribution < -0.4 is 5.32 Å². The average molecular weight is 316 g/mol. The summed E-state index contributed by atoms with van der Waals surface area (Å²) < 4.78 is 0. The summed E-state index contributed by atoms with van der Waals surface area (Å²) >= 11 is 11.7. The van der Waals surface area contributed by atoms with Gasteiger partial charge in [0.25, 0.3) is 0 Å². The molecule has 0 aliphatic carbocycles. The Kier molecular flexibility index (Phi) is 6.53. The van der Waals surface area contributed by atoms with Crippen molar-refractivity contribution in [1.29, 1.82) is 0 Å². The molecule has 5 heteroatoms. The number of rotatable bonds is 6. The monoisotopic (exact) mass is 315 g/mol. The highest BCUT2D eigenvalue weighted by molar-refractivity contribution is 6.42. The Labute approximate surface area is 129 Å². The Morgan fingerprint density at radius 3 is 2.50 bits per heavy atom. The molecule has 1 rings (SSSR count). The van der Waals surface area contributed by atoms with Crippen molar-refractivity contribution in [1.82, 2.24) is 5.32 Å². The lowest BCUT2D eigenvalue weighted by atomic mass is 9.98. The van der Waals surface area contributed by atoms with E-state index in [-0.39, 0.29) is 12.5 Å². The lowest BCUT2D eigenvalue weighted by Gasteiger charge is -2.24. The van der Waals surface area contributed by atoms with Gasteiger partial charge in [0.2, 0.25) is 5.91 Å². The quantitative estimate of drug-likeness (QED) is 0.787. The molecule has 0 radical (unpaired) electrons. The molecule has 0 fully saturated rings. The molecule has 0 bridgehead atoms. The summed E-state index contributed by atoms with van der Waals surface area (Å²) in [5, 5.41) is 13.7. The maximum absolute atomic E-state index is 11.7. The van der Waals surface area contributed by atoms with Crippen LogP contribution in [0.15, 0.2) is 24.3 Å². The highest BCUT2D eigenvalue weighted by Crippen LogP contribution is 2.23. The van der Waals surface area contributed by atoms with Gasteiger partial charge < -0.3 is 10.4 Å². The zero-order valence-electron chi connectivity index (χ0n) is 11.6. The van der Waals surface area contributed by atoms with Crippen LogP contribution in [0, 0.1) is 0 Å². The van der Waals surface area contributed by atoms with E-state index in [0.717, 1.165) is 5.56 Å². The fourth-order valence-electron chi connectivity index (χ4n) is 1.60. The minimum atomic E-state index is -0.840. The van der Waals surface area contributed by atoms with Crippen molar-refractivity contribution in [3.63, 3.8) is 0 Å². The Hall–Kier alpha value is -1.03. The van der Waals surface area contributed by atoms with Crippen molar-refractivity contribution in [2.45, 2.75) is 32.3 Å². The van der Waals surface area contributed by atoms with E-state index in [4.69, 9.17) is 23.2 Å². The Bertz CT molecular complexity index is 497. The molecule has 110 valence electrons. The second kappa shape index (κ2) is 7.67. The van der Waals surface area contributed by atoms with Crippen LogP contribution in [0.25, 0.3) is 6.08 Å². The molecule has 0 saturated heterocycles. The van der Waals surface area contributed by atoms with E-state index in [1.165, 1.54) is 6.08 Å². The maximum Gasteiger partial charge on any atom is 0.244 e. The number of carbonyl (C=O) groups excluding carboxylic acids is 1. The number of nitrogens with one attached hydrogen (secondary N) is 1. The number of halogens is 2. The summed E-state index contributed by atoms with van der Waals surface area (Å²) in [5.41, 5.74) is -0.0524. The molecule has 1 aromatic rings. The third kappa shape index (κ3) is 5.16. The van der Waals surface area contributed by atoms with E-state index in [0.29, 0.717) is 22.9 Å². The number of benzene rings is 1. The summed E-state index contributed by atoms with van der Waals surface area (Å²) in [7, 11) is 0. The first-order chi connectivity index (χ1) is 9.40. The molecular formula is C15H19Cl2NO2. The lowest BCUT2D eigenvalue weighted by Crippen LogP contribution is -2.41. The SMILES string of the molecule is CCC(O)(CC)CNC(=O)C=Cc1ccc(Cl)c(Cl)c1. The normalized spacial score (nSPS) is 11.8. The van der Waals surface area contributed by atoms with Crippen LogP contribution >= 0.6 is 23.2 Å². The van der Waals surface area contributed by atoms with Crippen LogP contribution in [-0.4, -0.2) is 23.2 Å². The number of aliphatic hydroxyl groups is 1. The fourth-order valence-corrected chi connectivity index (χ4v) is 1.91. The standard InChI is InChI=1S/C15H19Cl2NO2/c1-3-15(20,4-2)10-18-14(19)8-6-11-5-7-12(16)13(17)9-11/h5-9,20H,3-4,10H2,1-2H3,(H,18,19). The average Bonchev–Trinajstić information content (AvgIpc) is 2.46. The Morgan fingerprint density at radius 1 is 1.30 bits per heavy atom. The van der Waals surface area contributed by atoms with Crippen molar-refractivity contribution < 1.29 is 9.90 Å². The third-order valence-electron chi connectivity index (χ3n) is 3.28. The van der Waals surface area contributed by atoms with Crippen molar-refractivity contribution >= 4 is 35.2 Å². The number of carbonyl (C=O) groups is 1. The molecule has 0 spiro atoms. The van der Waals surface area contributed by atoms with E-state index in [1.807, 2.05) is 13.8 Å². The summed E-state index contributed by atoms with van der Waals surface area (Å²) in [6, 6.07) is 5.13. The molecule has 3 nitrogen and oxygen atoms in total. The van der Waals surface area contributed by atoms with Gasteiger partial charge in [-0.05, 0) is 36.6 Å². The summed E-state index contributed by atoms with van der Waals surface area (Å²) in [6.07, 6.45) is 4.25. The van der Waals surface area contributed by atoms with Gasteiger partial charge in [-0.2, -0.15) is 0 Å². The van der Waals surface area contributed by atoms with Gasteiger partial charge in [0, 0.05) is 12.6 Å². The van der Waals surface area contributed by atoms with Crippen molar-refractivity contribution in [3.8, 4) is 0 Å². The lowest BCUT2D eigenvalue weighted by molar-refractivity contribution is -0.117. The molecule has 0 unspecified atom stereocenters. The van der Waals surface area contributed by atoms with Crippen LogP contribution in [0.3, 0.4) is 0 Å². The van der Waals surface area contributed by atoms with Gasteiger partial charge in [0.1, 0.15) is 0 Å². The maximum atomic E-state index is 11.7. The van der Waals surface area contributed by atoms with E-state index >= 15 is 0 Å². The van der Waals surface area contributed by atoms with Crippen LogP contribution in [0.4, 0.5) is 0 Å². The fraction of sp³-hybridized carbons (Fsp3) is 0.400. The first-order valence-electron chi connectivity index (χ1n) is 6.53. The molecular weight excluding hydrogens is 297 g/mol. The topological polar surface area (TPSA) is 49.3 Å². The zero-order chi connectivity index (χ0) is 15.2. The molecule has 0 aliphatic heterocycles. The highest BCUT2D eigenvalue weighted by atomic mass is 35.5. The smallest absolute Gasteiger partial charge is 0.244 e. The molecule has 0 heterocycles. The van der Waals surface area contributed by atoms with Crippen molar-refractivity contribution in [3.05, 3.63) is 39.9 Å². The van der Waals surface area contributed by atoms with Gasteiger partial charge in [-0.3, -0.25) is 4.79 Å². The van der Waals surface area contributed by atoms with Gasteiger partial charge in [-0.1, -0.05) is 43.1 Å². The van der Waals surface area contributed by atoms with Gasteiger partial charge in [-0.15, -0.1) is 0 Å². The first-order valence-corrected chi connectivity index (χ1v) is 7.29. The van der Waals surface area contributed by atoms with E-state index < -0.39 is 5.60 Å². The molecule has 2 N–H and O–H groups in total. The first kappa shape index (κ1) is 17.0. The molecule has 0 saturated carbocycles. The predicted octanol–water partition coefficient (Wildman–Crippen LogP) is 3.67. The van der Waals surface area contributed by atoms with Crippen LogP contribution in [-0.2, 0) is 4.79 Å².